The molecule has 1 aliphatic heterocycles. The minimum atomic E-state index is -0.0297. The summed E-state index contributed by atoms with van der Waals surface area (Å²) < 4.78 is 10.7. The lowest BCUT2D eigenvalue weighted by atomic mass is 10.3. The van der Waals surface area contributed by atoms with E-state index in [4.69, 9.17) is 14.6 Å². The van der Waals surface area contributed by atoms with E-state index in [1.54, 1.807) is 0 Å². The fourth-order valence-electron chi connectivity index (χ4n) is 1.74. The Morgan fingerprint density at radius 3 is 2.88 bits per heavy atom. The number of aliphatic hydroxyl groups excluding tert-OH is 1. The molecule has 0 amide bonds. The second kappa shape index (κ2) is 5.79. The van der Waals surface area contributed by atoms with Gasteiger partial charge in [-0.15, -0.1) is 5.10 Å². The van der Waals surface area contributed by atoms with E-state index in [9.17, 15) is 0 Å². The Bertz CT molecular complexity index is 367. The van der Waals surface area contributed by atoms with Gasteiger partial charge in [-0.25, -0.2) is 0 Å². The molecular weight excluding hydrogens is 222 g/mol. The minimum Gasteiger partial charge on any atom is -0.473 e. The van der Waals surface area contributed by atoms with E-state index in [2.05, 4.69) is 15.1 Å². The van der Waals surface area contributed by atoms with Gasteiger partial charge in [-0.05, 0) is 13.0 Å². The lowest BCUT2D eigenvalue weighted by molar-refractivity contribution is 0.122. The molecule has 1 aliphatic rings. The molecule has 0 saturated carbocycles. The predicted octanol–water partition coefficient (Wildman–Crippen LogP) is -0.00728. The van der Waals surface area contributed by atoms with Gasteiger partial charge in [0.15, 0.2) is 0 Å². The summed E-state index contributed by atoms with van der Waals surface area (Å²) in [6, 6.07) is 1.95. The summed E-state index contributed by atoms with van der Waals surface area (Å²) in [7, 11) is 0. The van der Waals surface area contributed by atoms with E-state index in [0.717, 1.165) is 24.5 Å². The molecule has 0 atom stereocenters. The van der Waals surface area contributed by atoms with Crippen LogP contribution in [0.1, 0.15) is 5.69 Å². The van der Waals surface area contributed by atoms with Gasteiger partial charge in [0, 0.05) is 13.1 Å². The summed E-state index contributed by atoms with van der Waals surface area (Å²) in [6.07, 6.45) is 0. The van der Waals surface area contributed by atoms with Crippen LogP contribution in [0.15, 0.2) is 6.07 Å². The molecule has 0 aliphatic carbocycles. The minimum absolute atomic E-state index is 0.0297. The Kier molecular flexibility index (Phi) is 4.11. The molecule has 0 radical (unpaired) electrons. The molecule has 0 aromatic carbocycles. The van der Waals surface area contributed by atoms with Crippen molar-refractivity contribution in [3.8, 4) is 5.88 Å². The maximum absolute atomic E-state index is 8.78. The Balaban J connectivity index is 2.19. The van der Waals surface area contributed by atoms with Crippen molar-refractivity contribution in [3.05, 3.63) is 11.8 Å². The molecule has 0 spiro atoms. The third-order valence-electron chi connectivity index (χ3n) is 2.55. The van der Waals surface area contributed by atoms with Crippen molar-refractivity contribution in [3.63, 3.8) is 0 Å². The number of aromatic nitrogens is 2. The molecule has 1 fully saturated rings. The second-order valence-corrected chi connectivity index (χ2v) is 3.85. The highest BCUT2D eigenvalue weighted by Crippen LogP contribution is 2.26. The van der Waals surface area contributed by atoms with E-state index in [1.807, 2.05) is 13.0 Å². The van der Waals surface area contributed by atoms with Crippen LogP contribution in [0.2, 0.25) is 0 Å². The number of ether oxygens (including phenoxy) is 2. The Hall–Kier alpha value is -1.40. The van der Waals surface area contributed by atoms with Crippen LogP contribution >= 0.6 is 0 Å². The SMILES string of the molecule is Cc1cc(N2CCOCC2)c(OCCO)nn1. The summed E-state index contributed by atoms with van der Waals surface area (Å²) >= 11 is 0. The molecule has 6 nitrogen and oxygen atoms in total. The molecule has 6 heteroatoms. The van der Waals surface area contributed by atoms with E-state index in [0.29, 0.717) is 19.1 Å². The van der Waals surface area contributed by atoms with Gasteiger partial charge in [-0.2, -0.15) is 5.10 Å². The molecule has 2 rings (SSSR count). The van der Waals surface area contributed by atoms with Gasteiger partial charge >= 0.3 is 0 Å². The highest BCUT2D eigenvalue weighted by Gasteiger charge is 2.17. The molecule has 94 valence electrons. The summed E-state index contributed by atoms with van der Waals surface area (Å²) in [5.74, 6) is 0.478. The van der Waals surface area contributed by atoms with Crippen LogP contribution in [0, 0.1) is 6.92 Å². The Morgan fingerprint density at radius 1 is 1.41 bits per heavy atom. The summed E-state index contributed by atoms with van der Waals surface area (Å²) in [4.78, 5) is 2.16. The van der Waals surface area contributed by atoms with Gasteiger partial charge in [0.1, 0.15) is 12.3 Å². The van der Waals surface area contributed by atoms with Crippen molar-refractivity contribution < 1.29 is 14.6 Å². The lowest BCUT2D eigenvalue weighted by Crippen LogP contribution is -2.36. The first-order valence-corrected chi connectivity index (χ1v) is 5.72. The van der Waals surface area contributed by atoms with Gasteiger partial charge in [0.2, 0.25) is 0 Å². The molecule has 0 unspecified atom stereocenters. The van der Waals surface area contributed by atoms with Gasteiger partial charge < -0.3 is 19.5 Å². The van der Waals surface area contributed by atoms with Crippen molar-refractivity contribution in [1.29, 1.82) is 0 Å². The molecule has 17 heavy (non-hydrogen) atoms. The van der Waals surface area contributed by atoms with Crippen LogP contribution in [0.25, 0.3) is 0 Å². The average Bonchev–Trinajstić information content (AvgIpc) is 2.38. The number of morpholine rings is 1. The quantitative estimate of drug-likeness (QED) is 0.797. The fourth-order valence-corrected chi connectivity index (χ4v) is 1.74. The zero-order valence-corrected chi connectivity index (χ0v) is 9.93. The van der Waals surface area contributed by atoms with Gasteiger partial charge in [0.25, 0.3) is 5.88 Å². The first kappa shape index (κ1) is 12.1. The topological polar surface area (TPSA) is 67.7 Å². The maximum Gasteiger partial charge on any atom is 0.257 e. The highest BCUT2D eigenvalue weighted by atomic mass is 16.5. The molecule has 2 heterocycles. The van der Waals surface area contributed by atoms with Crippen molar-refractivity contribution in [1.82, 2.24) is 10.2 Å². The smallest absolute Gasteiger partial charge is 0.257 e. The van der Waals surface area contributed by atoms with Crippen LogP contribution in [0.5, 0.6) is 5.88 Å². The second-order valence-electron chi connectivity index (χ2n) is 3.85. The Labute approximate surface area is 100 Å². The number of hydrogen-bond donors (Lipinski definition) is 1. The standard InChI is InChI=1S/C11H17N3O3/c1-9-8-10(14-2-5-16-6-3-14)11(13-12-9)17-7-4-15/h8,15H,2-7H2,1H3. The van der Waals surface area contributed by atoms with Crippen molar-refractivity contribution in [2.75, 3.05) is 44.4 Å². The number of aliphatic hydroxyl groups is 1. The fraction of sp³-hybridized carbons (Fsp3) is 0.636. The molecule has 1 saturated heterocycles. The van der Waals surface area contributed by atoms with Crippen LogP contribution < -0.4 is 9.64 Å². The number of anilines is 1. The molecule has 1 aromatic heterocycles. The average molecular weight is 239 g/mol. The summed E-state index contributed by atoms with van der Waals surface area (Å²) in [6.45, 7) is 5.16. The highest BCUT2D eigenvalue weighted by molar-refractivity contribution is 5.55. The summed E-state index contributed by atoms with van der Waals surface area (Å²) in [5, 5.41) is 16.8. The van der Waals surface area contributed by atoms with E-state index >= 15 is 0 Å². The first-order valence-electron chi connectivity index (χ1n) is 5.72. The Morgan fingerprint density at radius 2 is 2.18 bits per heavy atom. The zero-order valence-electron chi connectivity index (χ0n) is 9.93. The number of hydrogen-bond acceptors (Lipinski definition) is 6. The normalized spacial score (nSPS) is 16.0. The number of aryl methyl sites for hydroxylation is 1. The summed E-state index contributed by atoms with van der Waals surface area (Å²) in [5.41, 5.74) is 1.78. The number of rotatable bonds is 4. The largest absolute Gasteiger partial charge is 0.473 e. The third kappa shape index (κ3) is 3.04. The molecular formula is C11H17N3O3. The first-order chi connectivity index (χ1) is 8.31. The monoisotopic (exact) mass is 239 g/mol. The van der Waals surface area contributed by atoms with Crippen molar-refractivity contribution in [2.45, 2.75) is 6.92 Å². The van der Waals surface area contributed by atoms with Crippen LogP contribution in [-0.4, -0.2) is 54.8 Å². The molecule has 1 aromatic rings. The van der Waals surface area contributed by atoms with Gasteiger partial charge in [-0.3, -0.25) is 0 Å². The molecule has 0 bridgehead atoms. The zero-order chi connectivity index (χ0) is 12.1. The number of nitrogens with zero attached hydrogens (tertiary/aromatic N) is 3. The van der Waals surface area contributed by atoms with Crippen LogP contribution in [-0.2, 0) is 4.74 Å². The van der Waals surface area contributed by atoms with Crippen molar-refractivity contribution >= 4 is 5.69 Å². The van der Waals surface area contributed by atoms with Gasteiger partial charge in [-0.1, -0.05) is 0 Å². The van der Waals surface area contributed by atoms with Crippen LogP contribution in [0.3, 0.4) is 0 Å². The maximum atomic E-state index is 8.78. The molecule has 1 N–H and O–H groups in total. The lowest BCUT2D eigenvalue weighted by Gasteiger charge is -2.29. The van der Waals surface area contributed by atoms with E-state index < -0.39 is 0 Å². The third-order valence-corrected chi connectivity index (χ3v) is 2.55. The van der Waals surface area contributed by atoms with Crippen molar-refractivity contribution in [2.24, 2.45) is 0 Å². The predicted molar refractivity (Wildman–Crippen MR) is 62.4 cm³/mol. The van der Waals surface area contributed by atoms with Gasteiger partial charge in [0.05, 0.1) is 25.5 Å². The van der Waals surface area contributed by atoms with E-state index in [1.165, 1.54) is 0 Å². The van der Waals surface area contributed by atoms with E-state index in [-0.39, 0.29) is 13.2 Å². The van der Waals surface area contributed by atoms with Crippen LogP contribution in [0.4, 0.5) is 5.69 Å².